The molecule has 35 heavy (non-hydrogen) atoms. The van der Waals surface area contributed by atoms with Gasteiger partial charge in [0, 0.05) is 35.2 Å². The molecule has 8 nitrogen and oxygen atoms in total. The molecule has 174 valence electrons. The van der Waals surface area contributed by atoms with Crippen molar-refractivity contribution in [2.24, 2.45) is 0 Å². The summed E-state index contributed by atoms with van der Waals surface area (Å²) in [5, 5.41) is 14.2. The zero-order chi connectivity index (χ0) is 24.2. The largest absolute Gasteiger partial charge is 0.508 e. The number of thiazole rings is 1. The predicted molar refractivity (Wildman–Crippen MR) is 139 cm³/mol. The first-order chi connectivity index (χ1) is 17.1. The number of nitrogens with one attached hydrogen (secondary N) is 1. The number of aromatic hydroxyl groups is 1. The van der Waals surface area contributed by atoms with Crippen LogP contribution in [0.15, 0.2) is 77.8 Å². The number of benzene rings is 2. The van der Waals surface area contributed by atoms with Crippen LogP contribution in [0, 0.1) is 0 Å². The van der Waals surface area contributed by atoms with E-state index in [1.807, 2.05) is 30.3 Å². The van der Waals surface area contributed by atoms with Crippen LogP contribution in [0.4, 0.5) is 5.13 Å². The topological polar surface area (TPSA) is 106 Å². The Labute approximate surface area is 213 Å². The minimum atomic E-state index is 0.146. The number of phenolic OH excluding ortho intramolecular Hbond substituents is 1. The maximum atomic E-state index is 10.0. The molecule has 5 rings (SSSR count). The van der Waals surface area contributed by atoms with Gasteiger partial charge in [-0.05, 0) is 42.0 Å². The average Bonchev–Trinajstić information content (AvgIpc) is 3.39. The van der Waals surface area contributed by atoms with Gasteiger partial charge in [0.05, 0.1) is 29.6 Å². The van der Waals surface area contributed by atoms with E-state index in [4.69, 9.17) is 14.7 Å². The number of methoxy groups -OCH3 is 1. The van der Waals surface area contributed by atoms with Gasteiger partial charge in [-0.1, -0.05) is 39.4 Å². The minimum absolute atomic E-state index is 0.146. The molecule has 0 radical (unpaired) electrons. The number of hydrogen-bond acceptors (Lipinski definition) is 9. The van der Waals surface area contributed by atoms with Crippen LogP contribution < -0.4 is 10.1 Å². The summed E-state index contributed by atoms with van der Waals surface area (Å²) in [6.07, 6.45) is 6.60. The van der Waals surface area contributed by atoms with Gasteiger partial charge in [-0.2, -0.15) is 0 Å². The molecule has 0 aliphatic carbocycles. The predicted octanol–water partition coefficient (Wildman–Crippen LogP) is 5.81. The fourth-order valence-electron chi connectivity index (χ4n) is 3.35. The van der Waals surface area contributed by atoms with Gasteiger partial charge >= 0.3 is 0 Å². The van der Waals surface area contributed by atoms with Crippen molar-refractivity contribution in [3.05, 3.63) is 83.4 Å². The third-order valence-corrected chi connectivity index (χ3v) is 6.77. The van der Waals surface area contributed by atoms with Gasteiger partial charge in [0.2, 0.25) is 0 Å². The monoisotopic (exact) mass is 546 g/mol. The molecular formula is C25H19BrN6O2S. The fraction of sp³-hybridized carbons (Fsp3) is 0.0800. The number of nitrogens with zero attached hydrogens (tertiary/aromatic N) is 5. The molecular weight excluding hydrogens is 528 g/mol. The van der Waals surface area contributed by atoms with Crippen LogP contribution in [-0.2, 0) is 6.54 Å². The average molecular weight is 547 g/mol. The molecule has 0 atom stereocenters. The highest BCUT2D eigenvalue weighted by Gasteiger charge is 2.15. The second-order valence-electron chi connectivity index (χ2n) is 7.45. The SMILES string of the molecule is COc1ccc(CNc2ncc(-c3cc(-c4cc(O)ccc4Br)nc(-c4cnccn4)n3)s2)cc1. The number of aromatic nitrogens is 5. The summed E-state index contributed by atoms with van der Waals surface area (Å²) in [5.41, 5.74) is 3.74. The Morgan fingerprint density at radius 3 is 2.54 bits per heavy atom. The third kappa shape index (κ3) is 5.28. The van der Waals surface area contributed by atoms with Crippen molar-refractivity contribution in [3.8, 4) is 44.8 Å². The van der Waals surface area contributed by atoms with Gasteiger partial charge < -0.3 is 15.2 Å². The smallest absolute Gasteiger partial charge is 0.183 e. The number of phenols is 1. The number of anilines is 1. The van der Waals surface area contributed by atoms with Gasteiger partial charge in [-0.15, -0.1) is 0 Å². The lowest BCUT2D eigenvalue weighted by Crippen LogP contribution is -1.98. The summed E-state index contributed by atoms with van der Waals surface area (Å²) in [7, 11) is 1.65. The van der Waals surface area contributed by atoms with E-state index >= 15 is 0 Å². The van der Waals surface area contributed by atoms with E-state index in [2.05, 4.69) is 36.2 Å². The highest BCUT2D eigenvalue weighted by Crippen LogP contribution is 2.35. The van der Waals surface area contributed by atoms with E-state index in [0.29, 0.717) is 29.5 Å². The highest BCUT2D eigenvalue weighted by molar-refractivity contribution is 9.10. The van der Waals surface area contributed by atoms with Gasteiger partial charge in [0.25, 0.3) is 0 Å². The first-order valence-electron chi connectivity index (χ1n) is 10.6. The van der Waals surface area contributed by atoms with E-state index in [1.54, 1.807) is 50.1 Å². The maximum Gasteiger partial charge on any atom is 0.183 e. The Hall–Kier alpha value is -3.89. The van der Waals surface area contributed by atoms with Crippen LogP contribution >= 0.6 is 27.3 Å². The van der Waals surface area contributed by atoms with E-state index < -0.39 is 0 Å². The van der Waals surface area contributed by atoms with Crippen molar-refractivity contribution in [2.45, 2.75) is 6.54 Å². The number of ether oxygens (including phenoxy) is 1. The Morgan fingerprint density at radius 1 is 0.943 bits per heavy atom. The molecule has 3 heterocycles. The molecule has 0 amide bonds. The van der Waals surface area contributed by atoms with E-state index in [-0.39, 0.29) is 5.75 Å². The number of hydrogen-bond donors (Lipinski definition) is 2. The Bertz CT molecular complexity index is 1460. The lowest BCUT2D eigenvalue weighted by Gasteiger charge is -2.09. The van der Waals surface area contributed by atoms with Crippen molar-refractivity contribution in [3.63, 3.8) is 0 Å². The van der Waals surface area contributed by atoms with Crippen molar-refractivity contribution < 1.29 is 9.84 Å². The standard InChI is InChI=1S/C25H19BrN6O2S/c1-34-17-5-2-15(3-6-17)12-29-25-30-14-23(35-25)21-11-20(18-10-16(33)4-7-19(18)26)31-24(32-21)22-13-27-8-9-28-22/h2-11,13-14,33H,12H2,1H3,(H,29,30). The Balaban J connectivity index is 1.48. The molecule has 0 aliphatic rings. The van der Waals surface area contributed by atoms with Crippen LogP contribution in [0.3, 0.4) is 0 Å². The second kappa shape index (κ2) is 10.2. The first-order valence-corrected chi connectivity index (χ1v) is 12.2. The van der Waals surface area contributed by atoms with Crippen molar-refractivity contribution in [2.75, 3.05) is 12.4 Å². The molecule has 10 heteroatoms. The fourth-order valence-corrected chi connectivity index (χ4v) is 4.57. The van der Waals surface area contributed by atoms with Crippen molar-refractivity contribution in [1.29, 1.82) is 0 Å². The van der Waals surface area contributed by atoms with Crippen LogP contribution in [0.2, 0.25) is 0 Å². The summed E-state index contributed by atoms with van der Waals surface area (Å²) in [5.74, 6) is 1.40. The molecule has 0 unspecified atom stereocenters. The normalized spacial score (nSPS) is 10.8. The lowest BCUT2D eigenvalue weighted by atomic mass is 10.1. The summed E-state index contributed by atoms with van der Waals surface area (Å²) in [6, 6.07) is 14.8. The molecule has 0 spiro atoms. The molecule has 0 bridgehead atoms. The summed E-state index contributed by atoms with van der Waals surface area (Å²) < 4.78 is 6.02. The van der Waals surface area contributed by atoms with Crippen LogP contribution in [-0.4, -0.2) is 37.1 Å². The number of rotatable bonds is 7. The molecule has 0 saturated heterocycles. The maximum absolute atomic E-state index is 10.0. The molecule has 0 saturated carbocycles. The number of halogens is 1. The molecule has 2 aromatic carbocycles. The highest BCUT2D eigenvalue weighted by atomic mass is 79.9. The Morgan fingerprint density at radius 2 is 1.77 bits per heavy atom. The van der Waals surface area contributed by atoms with E-state index in [0.717, 1.165) is 31.4 Å². The van der Waals surface area contributed by atoms with Gasteiger partial charge in [0.1, 0.15) is 17.2 Å². The minimum Gasteiger partial charge on any atom is -0.508 e. The zero-order valence-corrected chi connectivity index (χ0v) is 20.9. The molecule has 0 aliphatic heterocycles. The van der Waals surface area contributed by atoms with Gasteiger partial charge in [-0.25, -0.2) is 19.9 Å². The second-order valence-corrected chi connectivity index (χ2v) is 9.33. The quantitative estimate of drug-likeness (QED) is 0.263. The molecule has 3 aromatic heterocycles. The summed E-state index contributed by atoms with van der Waals surface area (Å²) in [4.78, 5) is 23.3. The summed E-state index contributed by atoms with van der Waals surface area (Å²) >= 11 is 5.05. The molecule has 5 aromatic rings. The first kappa shape index (κ1) is 22.9. The van der Waals surface area contributed by atoms with Crippen LogP contribution in [0.25, 0.3) is 33.3 Å². The van der Waals surface area contributed by atoms with Crippen molar-refractivity contribution in [1.82, 2.24) is 24.9 Å². The van der Waals surface area contributed by atoms with Crippen molar-refractivity contribution >= 4 is 32.4 Å². The van der Waals surface area contributed by atoms with E-state index in [1.165, 1.54) is 11.3 Å². The lowest BCUT2D eigenvalue weighted by molar-refractivity contribution is 0.414. The molecule has 0 fully saturated rings. The van der Waals surface area contributed by atoms with E-state index in [9.17, 15) is 5.11 Å². The summed E-state index contributed by atoms with van der Waals surface area (Å²) in [6.45, 7) is 0.632. The van der Waals surface area contributed by atoms with Crippen LogP contribution in [0.1, 0.15) is 5.56 Å². The Kier molecular flexibility index (Phi) is 6.64. The third-order valence-electron chi connectivity index (χ3n) is 5.11. The molecule has 2 N–H and O–H groups in total. The van der Waals surface area contributed by atoms with Gasteiger partial charge in [-0.3, -0.25) is 4.98 Å². The zero-order valence-electron chi connectivity index (χ0n) is 18.5. The van der Waals surface area contributed by atoms with Crippen LogP contribution in [0.5, 0.6) is 11.5 Å². The van der Waals surface area contributed by atoms with Gasteiger partial charge in [0.15, 0.2) is 11.0 Å².